The van der Waals surface area contributed by atoms with Gasteiger partial charge in [0.15, 0.2) is 0 Å². The van der Waals surface area contributed by atoms with Crippen molar-refractivity contribution in [3.05, 3.63) is 69.7 Å². The Labute approximate surface area is 179 Å². The molecule has 2 aromatic rings. The molecule has 1 aliphatic rings. The van der Waals surface area contributed by atoms with Gasteiger partial charge in [-0.15, -0.1) is 0 Å². The maximum Gasteiger partial charge on any atom is 0.331 e. The van der Waals surface area contributed by atoms with Gasteiger partial charge >= 0.3 is 5.97 Å². The van der Waals surface area contributed by atoms with Gasteiger partial charge < -0.3 is 9.47 Å². The van der Waals surface area contributed by atoms with E-state index in [4.69, 9.17) is 32.7 Å². The van der Waals surface area contributed by atoms with Gasteiger partial charge in [0.05, 0.1) is 18.1 Å². The maximum absolute atomic E-state index is 12.7. The average molecular weight is 456 g/mol. The van der Waals surface area contributed by atoms with Crippen molar-refractivity contribution < 1.29 is 22.7 Å². The molecular formula is C20H19Cl2NO5S. The number of hydrogen-bond donors (Lipinski definition) is 0. The van der Waals surface area contributed by atoms with Crippen molar-refractivity contribution in [1.29, 1.82) is 0 Å². The average Bonchev–Trinajstić information content (AvgIpc) is 2.72. The van der Waals surface area contributed by atoms with E-state index in [0.717, 1.165) is 0 Å². The van der Waals surface area contributed by atoms with E-state index < -0.39 is 16.0 Å². The third kappa shape index (κ3) is 5.81. The smallest absolute Gasteiger partial charge is 0.331 e. The second-order valence-corrected chi connectivity index (χ2v) is 9.05. The summed E-state index contributed by atoms with van der Waals surface area (Å²) in [5.74, 6) is -0.572. The van der Waals surface area contributed by atoms with E-state index in [0.29, 0.717) is 47.5 Å². The quantitative estimate of drug-likeness (QED) is 0.489. The minimum absolute atomic E-state index is 0.0516. The lowest BCUT2D eigenvalue weighted by molar-refractivity contribution is -0.138. The highest BCUT2D eigenvalue weighted by atomic mass is 35.5. The fourth-order valence-electron chi connectivity index (χ4n) is 2.73. The first-order valence-electron chi connectivity index (χ1n) is 8.83. The Morgan fingerprint density at radius 2 is 1.90 bits per heavy atom. The molecule has 0 aliphatic carbocycles. The first-order valence-corrected chi connectivity index (χ1v) is 11.0. The molecule has 0 N–H and O–H groups in total. The molecule has 0 bridgehead atoms. The number of nitrogens with zero attached hydrogens (tertiary/aromatic N) is 1. The van der Waals surface area contributed by atoms with E-state index in [9.17, 15) is 13.2 Å². The third-order valence-electron chi connectivity index (χ3n) is 4.25. The van der Waals surface area contributed by atoms with Crippen LogP contribution < -0.4 is 0 Å². The number of halogens is 2. The van der Waals surface area contributed by atoms with Gasteiger partial charge in [-0.05, 0) is 41.5 Å². The highest BCUT2D eigenvalue weighted by molar-refractivity contribution is 7.89. The van der Waals surface area contributed by atoms with Crippen LogP contribution >= 0.6 is 23.2 Å². The van der Waals surface area contributed by atoms with Crippen molar-refractivity contribution in [1.82, 2.24) is 4.31 Å². The summed E-state index contributed by atoms with van der Waals surface area (Å²) in [5.41, 5.74) is 1.21. The van der Waals surface area contributed by atoms with Gasteiger partial charge in [0.1, 0.15) is 6.61 Å². The second-order valence-electron chi connectivity index (χ2n) is 6.27. The summed E-state index contributed by atoms with van der Waals surface area (Å²) in [6.45, 7) is 1.34. The summed E-state index contributed by atoms with van der Waals surface area (Å²) >= 11 is 11.9. The Morgan fingerprint density at radius 1 is 1.14 bits per heavy atom. The Morgan fingerprint density at radius 3 is 2.62 bits per heavy atom. The van der Waals surface area contributed by atoms with Crippen LogP contribution in [0.5, 0.6) is 0 Å². The molecule has 29 heavy (non-hydrogen) atoms. The molecular weight excluding hydrogens is 437 g/mol. The lowest BCUT2D eigenvalue weighted by atomic mass is 10.2. The predicted octanol–water partition coefficient (Wildman–Crippen LogP) is 3.77. The molecule has 3 rings (SSSR count). The largest absolute Gasteiger partial charge is 0.458 e. The van der Waals surface area contributed by atoms with Crippen LogP contribution in [0.15, 0.2) is 53.4 Å². The molecule has 1 fully saturated rings. The zero-order valence-electron chi connectivity index (χ0n) is 15.4. The molecule has 1 aliphatic heterocycles. The summed E-state index contributed by atoms with van der Waals surface area (Å²) in [5, 5.41) is 0.921. The zero-order chi connectivity index (χ0) is 20.9. The second kappa shape index (κ2) is 9.73. The minimum atomic E-state index is -3.60. The first-order chi connectivity index (χ1) is 13.9. The molecule has 0 saturated carbocycles. The SMILES string of the molecule is O=C(/C=C/c1ccc(Cl)cc1Cl)OCc1cccc(S(=O)(=O)N2CCOCC2)c1. The molecule has 2 aromatic carbocycles. The van der Waals surface area contributed by atoms with Crippen molar-refractivity contribution in [2.45, 2.75) is 11.5 Å². The number of rotatable bonds is 6. The fourth-order valence-corrected chi connectivity index (χ4v) is 4.68. The molecule has 0 aromatic heterocycles. The third-order valence-corrected chi connectivity index (χ3v) is 6.71. The number of morpholine rings is 1. The van der Waals surface area contributed by atoms with Crippen LogP contribution in [0.4, 0.5) is 0 Å². The van der Waals surface area contributed by atoms with Crippen LogP contribution in [0.1, 0.15) is 11.1 Å². The molecule has 9 heteroatoms. The lowest BCUT2D eigenvalue weighted by Gasteiger charge is -2.26. The van der Waals surface area contributed by atoms with E-state index in [1.54, 1.807) is 30.3 Å². The molecule has 1 heterocycles. The molecule has 0 unspecified atom stereocenters. The number of ether oxygens (including phenoxy) is 2. The van der Waals surface area contributed by atoms with Gasteiger partial charge in [-0.2, -0.15) is 4.31 Å². The number of sulfonamides is 1. The van der Waals surface area contributed by atoms with Crippen LogP contribution in [-0.2, 0) is 30.9 Å². The number of carbonyl (C=O) groups is 1. The van der Waals surface area contributed by atoms with Crippen molar-refractivity contribution in [2.24, 2.45) is 0 Å². The zero-order valence-corrected chi connectivity index (χ0v) is 17.7. The number of hydrogen-bond acceptors (Lipinski definition) is 5. The number of esters is 1. The van der Waals surface area contributed by atoms with Crippen LogP contribution in [0.25, 0.3) is 6.08 Å². The monoisotopic (exact) mass is 455 g/mol. The van der Waals surface area contributed by atoms with Gasteiger partial charge in [0.2, 0.25) is 10.0 Å². The van der Waals surface area contributed by atoms with Gasteiger partial charge in [-0.1, -0.05) is 41.4 Å². The van der Waals surface area contributed by atoms with E-state index >= 15 is 0 Å². The molecule has 0 radical (unpaired) electrons. The van der Waals surface area contributed by atoms with Gasteiger partial charge in [-0.25, -0.2) is 13.2 Å². The molecule has 0 atom stereocenters. The van der Waals surface area contributed by atoms with Gasteiger partial charge in [0, 0.05) is 29.2 Å². The van der Waals surface area contributed by atoms with Crippen LogP contribution in [0.3, 0.4) is 0 Å². The maximum atomic E-state index is 12.7. The van der Waals surface area contributed by atoms with Crippen LogP contribution in [0.2, 0.25) is 10.0 Å². The molecule has 6 nitrogen and oxygen atoms in total. The normalized spacial score (nSPS) is 15.5. The fraction of sp³-hybridized carbons (Fsp3) is 0.250. The number of benzene rings is 2. The van der Waals surface area contributed by atoms with Gasteiger partial charge in [-0.3, -0.25) is 0 Å². The summed E-state index contributed by atoms with van der Waals surface area (Å²) in [6, 6.07) is 11.3. The van der Waals surface area contributed by atoms with Crippen LogP contribution in [0, 0.1) is 0 Å². The highest BCUT2D eigenvalue weighted by Crippen LogP contribution is 2.22. The van der Waals surface area contributed by atoms with Crippen molar-refractivity contribution >= 4 is 45.3 Å². The van der Waals surface area contributed by atoms with Crippen molar-refractivity contribution in [3.8, 4) is 0 Å². The Balaban J connectivity index is 1.63. The number of carbonyl (C=O) groups excluding carboxylic acids is 1. The summed E-state index contributed by atoms with van der Waals surface area (Å²) in [7, 11) is -3.60. The minimum Gasteiger partial charge on any atom is -0.458 e. The molecule has 1 saturated heterocycles. The van der Waals surface area contributed by atoms with Gasteiger partial charge in [0.25, 0.3) is 0 Å². The summed E-state index contributed by atoms with van der Waals surface area (Å²) < 4.78 is 37.2. The summed E-state index contributed by atoms with van der Waals surface area (Å²) in [4.78, 5) is 12.1. The van der Waals surface area contributed by atoms with E-state index in [1.807, 2.05) is 0 Å². The van der Waals surface area contributed by atoms with Crippen molar-refractivity contribution in [2.75, 3.05) is 26.3 Å². The van der Waals surface area contributed by atoms with E-state index in [1.165, 1.54) is 28.6 Å². The molecule has 154 valence electrons. The predicted molar refractivity (Wildman–Crippen MR) is 111 cm³/mol. The Hall–Kier alpha value is -1.90. The Bertz CT molecular complexity index is 1020. The summed E-state index contributed by atoms with van der Waals surface area (Å²) in [6.07, 6.45) is 2.78. The lowest BCUT2D eigenvalue weighted by Crippen LogP contribution is -2.40. The molecule has 0 spiro atoms. The Kier molecular flexibility index (Phi) is 7.32. The standard InChI is InChI=1S/C20H19Cl2NO5S/c21-17-6-4-16(19(22)13-17)5-7-20(24)28-14-15-2-1-3-18(12-15)29(25,26)23-8-10-27-11-9-23/h1-7,12-13H,8-11,14H2/b7-5+. The van der Waals surface area contributed by atoms with Crippen molar-refractivity contribution in [3.63, 3.8) is 0 Å². The topological polar surface area (TPSA) is 72.9 Å². The molecule has 0 amide bonds. The highest BCUT2D eigenvalue weighted by Gasteiger charge is 2.26. The van der Waals surface area contributed by atoms with E-state index in [-0.39, 0.29) is 11.5 Å². The van der Waals surface area contributed by atoms with E-state index in [2.05, 4.69) is 0 Å². The van der Waals surface area contributed by atoms with Crippen LogP contribution in [-0.4, -0.2) is 45.0 Å². The first kappa shape index (κ1) is 21.8.